The molecule has 0 aliphatic heterocycles. The average Bonchev–Trinajstić information content (AvgIpc) is 2.98. The Morgan fingerprint density at radius 1 is 1.11 bits per heavy atom. The van der Waals surface area contributed by atoms with Crippen molar-refractivity contribution in [2.45, 2.75) is 29.8 Å². The summed E-state index contributed by atoms with van der Waals surface area (Å²) in [6.45, 7) is 2.03. The van der Waals surface area contributed by atoms with E-state index in [0.717, 1.165) is 27.3 Å². The second-order valence-corrected chi connectivity index (χ2v) is 7.97. The molecule has 0 atom stereocenters. The van der Waals surface area contributed by atoms with Gasteiger partial charge in [-0.15, -0.1) is 5.73 Å². The largest absolute Gasteiger partial charge is 0.429 e. The van der Waals surface area contributed by atoms with Crippen molar-refractivity contribution in [1.82, 2.24) is 4.98 Å². The standard InChI is InChI=1S/C23H17ClFNOS/c1-15-3-2-4-16(6-5-15)21-23(28-20-13-9-18(24)10-14-20)27-22(26-21)17-7-11-19(25)12-8-17/h2-3,5-7,9-11,13-14H,8,12H2,1H3. The Bertz CT molecular complexity index is 1100. The maximum absolute atomic E-state index is 13.4. The minimum atomic E-state index is -0.120. The van der Waals surface area contributed by atoms with E-state index in [4.69, 9.17) is 21.0 Å². The van der Waals surface area contributed by atoms with Gasteiger partial charge in [0.2, 0.25) is 5.89 Å². The SMILES string of the molecule is CC1=CC=C=C(c2nc(C3=CC=C(F)CC3)oc2Sc2ccc(Cl)cc2)C=C1. The zero-order valence-electron chi connectivity index (χ0n) is 15.2. The second kappa shape index (κ2) is 8.24. The molecule has 0 radical (unpaired) electrons. The fourth-order valence-electron chi connectivity index (χ4n) is 2.81. The van der Waals surface area contributed by atoms with Gasteiger partial charge in [0, 0.05) is 27.5 Å². The fourth-order valence-corrected chi connectivity index (χ4v) is 3.80. The Morgan fingerprint density at radius 2 is 1.93 bits per heavy atom. The molecule has 0 bridgehead atoms. The third-order valence-corrected chi connectivity index (χ3v) is 5.57. The van der Waals surface area contributed by atoms with Gasteiger partial charge in [0.05, 0.1) is 0 Å². The number of benzene rings is 1. The van der Waals surface area contributed by atoms with Gasteiger partial charge in [-0.1, -0.05) is 35.4 Å². The number of oxazole rings is 1. The van der Waals surface area contributed by atoms with E-state index in [9.17, 15) is 4.39 Å². The van der Waals surface area contributed by atoms with Crippen LogP contribution in [0.5, 0.6) is 0 Å². The lowest BCUT2D eigenvalue weighted by Gasteiger charge is -2.06. The molecule has 0 N–H and O–H groups in total. The van der Waals surface area contributed by atoms with Crippen LogP contribution in [0.4, 0.5) is 4.39 Å². The van der Waals surface area contributed by atoms with Crippen molar-refractivity contribution in [2.24, 2.45) is 0 Å². The van der Waals surface area contributed by atoms with E-state index in [1.807, 2.05) is 55.5 Å². The highest BCUT2D eigenvalue weighted by atomic mass is 35.5. The van der Waals surface area contributed by atoms with Crippen LogP contribution in [0.3, 0.4) is 0 Å². The van der Waals surface area contributed by atoms with Gasteiger partial charge in [-0.3, -0.25) is 0 Å². The summed E-state index contributed by atoms with van der Waals surface area (Å²) in [6.07, 6.45) is 12.0. The Hall–Kier alpha value is -2.52. The Balaban J connectivity index is 1.75. The summed E-state index contributed by atoms with van der Waals surface area (Å²) in [4.78, 5) is 5.73. The molecule has 1 aromatic heterocycles. The van der Waals surface area contributed by atoms with Gasteiger partial charge in [0.25, 0.3) is 0 Å². The van der Waals surface area contributed by atoms with Gasteiger partial charge in [-0.25, -0.2) is 9.37 Å². The fraction of sp³-hybridized carbons (Fsp3) is 0.130. The maximum Gasteiger partial charge on any atom is 0.224 e. The molecule has 2 aliphatic rings. The molecule has 5 heteroatoms. The smallest absolute Gasteiger partial charge is 0.224 e. The molecule has 4 rings (SSSR count). The predicted molar refractivity (Wildman–Crippen MR) is 113 cm³/mol. The Morgan fingerprint density at radius 3 is 2.68 bits per heavy atom. The van der Waals surface area contributed by atoms with Crippen LogP contribution in [0.15, 0.2) is 92.3 Å². The van der Waals surface area contributed by atoms with Crippen molar-refractivity contribution in [3.05, 3.63) is 94.5 Å². The van der Waals surface area contributed by atoms with Crippen molar-refractivity contribution in [3.63, 3.8) is 0 Å². The number of halogens is 2. The van der Waals surface area contributed by atoms with Gasteiger partial charge in [0.15, 0.2) is 5.09 Å². The molecule has 1 aromatic carbocycles. The van der Waals surface area contributed by atoms with E-state index in [1.54, 1.807) is 6.08 Å². The van der Waals surface area contributed by atoms with E-state index in [-0.39, 0.29) is 5.83 Å². The lowest BCUT2D eigenvalue weighted by Crippen LogP contribution is -1.91. The van der Waals surface area contributed by atoms with Crippen LogP contribution in [-0.4, -0.2) is 4.98 Å². The summed E-state index contributed by atoms with van der Waals surface area (Å²) in [5.74, 6) is 0.400. The first-order chi connectivity index (χ1) is 13.6. The Kier molecular flexibility index (Phi) is 5.54. The van der Waals surface area contributed by atoms with Crippen LogP contribution >= 0.6 is 23.4 Å². The van der Waals surface area contributed by atoms with Crippen LogP contribution in [-0.2, 0) is 0 Å². The molecule has 0 saturated carbocycles. The molecule has 2 nitrogen and oxygen atoms in total. The molecule has 0 spiro atoms. The lowest BCUT2D eigenvalue weighted by atomic mass is 10.0. The highest BCUT2D eigenvalue weighted by molar-refractivity contribution is 7.99. The number of nitrogens with zero attached hydrogens (tertiary/aromatic N) is 1. The number of allylic oxidation sites excluding steroid dienone is 9. The molecular weight excluding hydrogens is 393 g/mol. The number of hydrogen-bond donors (Lipinski definition) is 0. The summed E-state index contributed by atoms with van der Waals surface area (Å²) in [6, 6.07) is 7.57. The molecular formula is C23H17ClFNOS. The number of aromatic nitrogens is 1. The maximum atomic E-state index is 13.4. The molecule has 0 fully saturated rings. The van der Waals surface area contributed by atoms with E-state index in [2.05, 4.69) is 5.73 Å². The minimum Gasteiger partial charge on any atom is -0.429 e. The molecule has 0 amide bonds. The van der Waals surface area contributed by atoms with E-state index in [1.165, 1.54) is 17.8 Å². The third-order valence-electron chi connectivity index (χ3n) is 4.35. The normalized spacial score (nSPS) is 16.2. The van der Waals surface area contributed by atoms with Gasteiger partial charge in [0.1, 0.15) is 11.5 Å². The summed E-state index contributed by atoms with van der Waals surface area (Å²) < 4.78 is 19.5. The van der Waals surface area contributed by atoms with Crippen LogP contribution in [0, 0.1) is 0 Å². The number of rotatable bonds is 4. The van der Waals surface area contributed by atoms with Crippen LogP contribution in [0.2, 0.25) is 5.02 Å². The highest BCUT2D eigenvalue weighted by Crippen LogP contribution is 2.38. The van der Waals surface area contributed by atoms with Crippen molar-refractivity contribution < 1.29 is 8.81 Å². The monoisotopic (exact) mass is 409 g/mol. The highest BCUT2D eigenvalue weighted by Gasteiger charge is 2.21. The first kappa shape index (κ1) is 18.8. The van der Waals surface area contributed by atoms with Gasteiger partial charge in [-0.2, -0.15) is 0 Å². The minimum absolute atomic E-state index is 0.120. The van der Waals surface area contributed by atoms with Crippen molar-refractivity contribution >= 4 is 34.5 Å². The quantitative estimate of drug-likeness (QED) is 0.487. The van der Waals surface area contributed by atoms with Gasteiger partial charge in [-0.05, 0) is 67.6 Å². The second-order valence-electron chi connectivity index (χ2n) is 6.49. The molecule has 0 saturated heterocycles. The molecule has 1 heterocycles. The lowest BCUT2D eigenvalue weighted by molar-refractivity contribution is 0.453. The third kappa shape index (κ3) is 4.31. The number of hydrogen-bond acceptors (Lipinski definition) is 3. The van der Waals surface area contributed by atoms with Crippen LogP contribution in [0.1, 0.15) is 31.4 Å². The summed E-state index contributed by atoms with van der Waals surface area (Å²) in [5.41, 5.74) is 6.86. The zero-order chi connectivity index (χ0) is 19.5. The van der Waals surface area contributed by atoms with Gasteiger partial charge < -0.3 is 4.42 Å². The first-order valence-electron chi connectivity index (χ1n) is 8.90. The van der Waals surface area contributed by atoms with E-state index >= 15 is 0 Å². The zero-order valence-corrected chi connectivity index (χ0v) is 16.8. The topological polar surface area (TPSA) is 26.0 Å². The van der Waals surface area contributed by atoms with Crippen molar-refractivity contribution in [2.75, 3.05) is 0 Å². The van der Waals surface area contributed by atoms with E-state index < -0.39 is 0 Å². The first-order valence-corrected chi connectivity index (χ1v) is 10.1. The molecule has 0 unspecified atom stereocenters. The van der Waals surface area contributed by atoms with Crippen molar-refractivity contribution in [1.29, 1.82) is 0 Å². The molecule has 28 heavy (non-hydrogen) atoms. The van der Waals surface area contributed by atoms with Gasteiger partial charge >= 0.3 is 0 Å². The summed E-state index contributed by atoms with van der Waals surface area (Å²) >= 11 is 7.47. The average molecular weight is 410 g/mol. The van der Waals surface area contributed by atoms with Crippen LogP contribution in [0.25, 0.3) is 11.1 Å². The van der Waals surface area contributed by atoms with Crippen LogP contribution < -0.4 is 0 Å². The molecule has 140 valence electrons. The molecule has 2 aliphatic carbocycles. The van der Waals surface area contributed by atoms with E-state index in [0.29, 0.717) is 28.8 Å². The summed E-state index contributed by atoms with van der Waals surface area (Å²) in [7, 11) is 0. The van der Waals surface area contributed by atoms with Crippen molar-refractivity contribution in [3.8, 4) is 0 Å². The summed E-state index contributed by atoms with van der Waals surface area (Å²) in [5, 5.41) is 1.36. The molecule has 2 aromatic rings. The predicted octanol–water partition coefficient (Wildman–Crippen LogP) is 7.56. The Labute approximate surface area is 172 Å².